The molecule has 3 aromatic rings. The zero-order valence-corrected chi connectivity index (χ0v) is 17.5. The van der Waals surface area contributed by atoms with Crippen molar-refractivity contribution in [1.82, 2.24) is 29.8 Å². The molecule has 0 spiro atoms. The fourth-order valence-electron chi connectivity index (χ4n) is 4.04. The number of piperidine rings is 1. The SMILES string of the molecule is COCCC1(c2noc(-c3ccncc3)n2)CCN(C(=O)c2cc(C)nn2C)CC1. The molecule has 0 atom stereocenters. The molecule has 9 nitrogen and oxygen atoms in total. The van der Waals surface area contributed by atoms with Crippen molar-refractivity contribution < 1.29 is 14.1 Å². The largest absolute Gasteiger partial charge is 0.385 e. The van der Waals surface area contributed by atoms with Crippen LogP contribution in [-0.4, -0.2) is 62.5 Å². The third-order valence-electron chi connectivity index (χ3n) is 5.84. The van der Waals surface area contributed by atoms with Gasteiger partial charge in [0.05, 0.1) is 5.69 Å². The number of pyridine rings is 1. The Balaban J connectivity index is 1.54. The number of aromatic nitrogens is 5. The van der Waals surface area contributed by atoms with Gasteiger partial charge in [-0.05, 0) is 44.4 Å². The standard InChI is InChI=1S/C21H26N6O3/c1-15-14-17(26(2)24-15)19(28)27-11-6-21(7-12-27,8-13-29-3)20-23-18(30-25-20)16-4-9-22-10-5-16/h4-5,9-10,14H,6-8,11-13H2,1-3H3. The Hall–Kier alpha value is -3.07. The molecule has 0 bridgehead atoms. The van der Waals surface area contributed by atoms with Crippen molar-refractivity contribution in [2.75, 3.05) is 26.8 Å². The van der Waals surface area contributed by atoms with Crippen molar-refractivity contribution in [2.45, 2.75) is 31.6 Å². The quantitative estimate of drug-likeness (QED) is 0.615. The zero-order valence-electron chi connectivity index (χ0n) is 17.5. The van der Waals surface area contributed by atoms with E-state index in [1.165, 1.54) is 0 Å². The third kappa shape index (κ3) is 3.85. The van der Waals surface area contributed by atoms with Crippen molar-refractivity contribution in [2.24, 2.45) is 7.05 Å². The first-order chi connectivity index (χ1) is 14.5. The lowest BCUT2D eigenvalue weighted by molar-refractivity contribution is 0.0606. The molecule has 4 rings (SSSR count). The second-order valence-electron chi connectivity index (χ2n) is 7.77. The van der Waals surface area contributed by atoms with Crippen LogP contribution in [0.4, 0.5) is 0 Å². The molecule has 0 aromatic carbocycles. The Labute approximate surface area is 175 Å². The summed E-state index contributed by atoms with van der Waals surface area (Å²) in [6, 6.07) is 5.52. The predicted molar refractivity (Wildman–Crippen MR) is 109 cm³/mol. The van der Waals surface area contributed by atoms with E-state index in [-0.39, 0.29) is 11.3 Å². The van der Waals surface area contributed by atoms with E-state index in [2.05, 4.69) is 15.2 Å². The van der Waals surface area contributed by atoms with Gasteiger partial charge >= 0.3 is 0 Å². The van der Waals surface area contributed by atoms with E-state index in [1.807, 2.05) is 30.0 Å². The van der Waals surface area contributed by atoms with Crippen LogP contribution in [0.25, 0.3) is 11.5 Å². The number of carbonyl (C=O) groups is 1. The highest BCUT2D eigenvalue weighted by atomic mass is 16.5. The Kier molecular flexibility index (Phi) is 5.63. The van der Waals surface area contributed by atoms with Crippen LogP contribution < -0.4 is 0 Å². The van der Waals surface area contributed by atoms with E-state index in [9.17, 15) is 4.79 Å². The smallest absolute Gasteiger partial charge is 0.272 e. The maximum Gasteiger partial charge on any atom is 0.272 e. The summed E-state index contributed by atoms with van der Waals surface area (Å²) < 4.78 is 12.6. The molecule has 0 N–H and O–H groups in total. The molecular weight excluding hydrogens is 384 g/mol. The van der Waals surface area contributed by atoms with Crippen molar-refractivity contribution in [3.8, 4) is 11.5 Å². The maximum absolute atomic E-state index is 13.0. The molecule has 4 heterocycles. The average Bonchev–Trinajstić information content (AvgIpc) is 3.40. The number of rotatable bonds is 6. The minimum absolute atomic E-state index is 0.00373. The molecular formula is C21H26N6O3. The normalized spacial score (nSPS) is 16.0. The molecule has 1 saturated heterocycles. The summed E-state index contributed by atoms with van der Waals surface area (Å²) in [5, 5.41) is 8.60. The monoisotopic (exact) mass is 410 g/mol. The topological polar surface area (TPSA) is 99.2 Å². The lowest BCUT2D eigenvalue weighted by atomic mass is 9.75. The Morgan fingerprint density at radius 2 is 2.00 bits per heavy atom. The highest BCUT2D eigenvalue weighted by molar-refractivity contribution is 5.92. The van der Waals surface area contributed by atoms with Crippen LogP contribution in [0.2, 0.25) is 0 Å². The molecule has 1 aliphatic rings. The van der Waals surface area contributed by atoms with Gasteiger partial charge in [0.15, 0.2) is 5.82 Å². The maximum atomic E-state index is 13.0. The van der Waals surface area contributed by atoms with Crippen LogP contribution in [0.3, 0.4) is 0 Å². The van der Waals surface area contributed by atoms with Crippen molar-refractivity contribution in [1.29, 1.82) is 0 Å². The Bertz CT molecular complexity index is 1000. The summed E-state index contributed by atoms with van der Waals surface area (Å²) in [4.78, 5) is 23.6. The molecule has 0 aliphatic carbocycles. The summed E-state index contributed by atoms with van der Waals surface area (Å²) in [5.41, 5.74) is 1.99. The number of likely N-dealkylation sites (tertiary alicyclic amines) is 1. The summed E-state index contributed by atoms with van der Waals surface area (Å²) in [6.45, 7) is 3.71. The first-order valence-electron chi connectivity index (χ1n) is 10.1. The van der Waals surface area contributed by atoms with Crippen LogP contribution in [0.1, 0.15) is 41.3 Å². The van der Waals surface area contributed by atoms with Crippen LogP contribution >= 0.6 is 0 Å². The minimum atomic E-state index is -0.288. The van der Waals surface area contributed by atoms with Gasteiger partial charge in [-0.2, -0.15) is 10.1 Å². The van der Waals surface area contributed by atoms with Gasteiger partial charge in [-0.15, -0.1) is 0 Å². The number of ether oxygens (including phenoxy) is 1. The number of hydrogen-bond acceptors (Lipinski definition) is 7. The average molecular weight is 410 g/mol. The van der Waals surface area contributed by atoms with E-state index in [0.717, 1.165) is 30.5 Å². The van der Waals surface area contributed by atoms with E-state index >= 15 is 0 Å². The van der Waals surface area contributed by atoms with Crippen LogP contribution in [0.15, 0.2) is 35.1 Å². The van der Waals surface area contributed by atoms with Crippen molar-refractivity contribution in [3.05, 3.63) is 47.8 Å². The first-order valence-corrected chi connectivity index (χ1v) is 10.1. The molecule has 0 unspecified atom stereocenters. The summed E-state index contributed by atoms with van der Waals surface area (Å²) in [5.74, 6) is 1.16. The van der Waals surface area contributed by atoms with Gasteiger partial charge in [-0.1, -0.05) is 5.16 Å². The minimum Gasteiger partial charge on any atom is -0.385 e. The summed E-state index contributed by atoms with van der Waals surface area (Å²) >= 11 is 0. The second kappa shape index (κ2) is 8.35. The fraction of sp³-hybridized carbons (Fsp3) is 0.476. The highest BCUT2D eigenvalue weighted by Gasteiger charge is 2.41. The van der Waals surface area contributed by atoms with E-state index in [0.29, 0.717) is 37.1 Å². The van der Waals surface area contributed by atoms with Gasteiger partial charge < -0.3 is 14.2 Å². The number of carbonyl (C=O) groups excluding carboxylic acids is 1. The molecule has 1 fully saturated rings. The van der Waals surface area contributed by atoms with Crippen molar-refractivity contribution >= 4 is 5.91 Å². The lowest BCUT2D eigenvalue weighted by Crippen LogP contribution is -2.46. The molecule has 9 heteroatoms. The molecule has 158 valence electrons. The molecule has 3 aromatic heterocycles. The molecule has 0 radical (unpaired) electrons. The lowest BCUT2D eigenvalue weighted by Gasteiger charge is -2.39. The van der Waals surface area contributed by atoms with Gasteiger partial charge in [0.25, 0.3) is 11.8 Å². The zero-order chi connectivity index (χ0) is 21.1. The third-order valence-corrected chi connectivity index (χ3v) is 5.84. The molecule has 1 aliphatic heterocycles. The summed E-state index contributed by atoms with van der Waals surface area (Å²) in [7, 11) is 3.49. The molecule has 0 saturated carbocycles. The van der Waals surface area contributed by atoms with Crippen LogP contribution in [0, 0.1) is 6.92 Å². The first kappa shape index (κ1) is 20.2. The predicted octanol–water partition coefficient (Wildman–Crippen LogP) is 2.38. The fourth-order valence-corrected chi connectivity index (χ4v) is 4.04. The van der Waals surface area contributed by atoms with Gasteiger partial charge in [-0.25, -0.2) is 0 Å². The number of methoxy groups -OCH3 is 1. The second-order valence-corrected chi connectivity index (χ2v) is 7.77. The number of hydrogen-bond donors (Lipinski definition) is 0. The van der Waals surface area contributed by atoms with Crippen LogP contribution in [-0.2, 0) is 17.2 Å². The van der Waals surface area contributed by atoms with Crippen LogP contribution in [0.5, 0.6) is 0 Å². The van der Waals surface area contributed by atoms with Gasteiger partial charge in [0, 0.05) is 57.2 Å². The molecule has 1 amide bonds. The highest BCUT2D eigenvalue weighted by Crippen LogP contribution is 2.38. The van der Waals surface area contributed by atoms with Crippen molar-refractivity contribution in [3.63, 3.8) is 0 Å². The Morgan fingerprint density at radius 3 is 2.63 bits per heavy atom. The Morgan fingerprint density at radius 1 is 1.27 bits per heavy atom. The van der Waals surface area contributed by atoms with E-state index < -0.39 is 0 Å². The number of nitrogens with zero attached hydrogens (tertiary/aromatic N) is 6. The van der Waals surface area contributed by atoms with Gasteiger partial charge in [0.1, 0.15) is 5.69 Å². The number of amides is 1. The molecule has 30 heavy (non-hydrogen) atoms. The van der Waals surface area contributed by atoms with Gasteiger partial charge in [0.2, 0.25) is 0 Å². The summed E-state index contributed by atoms with van der Waals surface area (Å²) in [6.07, 6.45) is 5.66. The van der Waals surface area contributed by atoms with E-state index in [1.54, 1.807) is 31.2 Å². The number of aryl methyl sites for hydroxylation is 2. The van der Waals surface area contributed by atoms with E-state index in [4.69, 9.17) is 14.2 Å². The van der Waals surface area contributed by atoms with Gasteiger partial charge in [-0.3, -0.25) is 14.5 Å².